The molecule has 1 unspecified atom stereocenters. The number of piperidine rings is 1. The van der Waals surface area contributed by atoms with Gasteiger partial charge in [-0.25, -0.2) is 12.7 Å². The summed E-state index contributed by atoms with van der Waals surface area (Å²) >= 11 is 0. The van der Waals surface area contributed by atoms with Gasteiger partial charge in [0.1, 0.15) is 0 Å². The first-order chi connectivity index (χ1) is 6.93. The quantitative estimate of drug-likeness (QED) is 0.723. The van der Waals surface area contributed by atoms with Crippen LogP contribution in [-0.2, 0) is 10.0 Å². The van der Waals surface area contributed by atoms with Gasteiger partial charge in [0.2, 0.25) is 10.0 Å². The molecule has 0 aliphatic carbocycles. The molecule has 5 heteroatoms. The van der Waals surface area contributed by atoms with E-state index < -0.39 is 10.0 Å². The number of nitrogens with zero attached hydrogens (tertiary/aromatic N) is 1. The zero-order chi connectivity index (χ0) is 11.5. The topological polar surface area (TPSA) is 63.4 Å². The highest BCUT2D eigenvalue weighted by atomic mass is 32.2. The first-order valence-electron chi connectivity index (χ1n) is 5.26. The second kappa shape index (κ2) is 5.09. The number of nitrogens with two attached hydrogens (primary N) is 1. The average Bonchev–Trinajstić information content (AvgIpc) is 2.17. The second-order valence-corrected chi connectivity index (χ2v) is 6.22. The summed E-state index contributed by atoms with van der Waals surface area (Å²) in [5.74, 6) is 0.331. The highest BCUT2D eigenvalue weighted by Gasteiger charge is 2.24. The molecule has 4 nitrogen and oxygen atoms in total. The lowest BCUT2D eigenvalue weighted by atomic mass is 9.97. The van der Waals surface area contributed by atoms with Gasteiger partial charge < -0.3 is 5.73 Å². The van der Waals surface area contributed by atoms with Crippen LogP contribution >= 0.6 is 0 Å². The van der Waals surface area contributed by atoms with E-state index in [0.29, 0.717) is 25.6 Å². The lowest BCUT2D eigenvalue weighted by molar-refractivity contribution is 0.301. The van der Waals surface area contributed by atoms with Crippen LogP contribution in [0.25, 0.3) is 0 Å². The Hall–Kier alpha value is -0.390. The van der Waals surface area contributed by atoms with Gasteiger partial charge in [-0.3, -0.25) is 0 Å². The molecule has 0 aromatic carbocycles. The molecule has 1 saturated heterocycles. The molecule has 2 N–H and O–H groups in total. The Morgan fingerprint density at radius 1 is 1.60 bits per heavy atom. The van der Waals surface area contributed by atoms with Crippen molar-refractivity contribution >= 4 is 10.0 Å². The minimum absolute atomic E-state index is 0.331. The second-order valence-electron chi connectivity index (χ2n) is 4.24. The van der Waals surface area contributed by atoms with Crippen molar-refractivity contribution in [3.8, 4) is 0 Å². The van der Waals surface area contributed by atoms with Crippen LogP contribution in [0.3, 0.4) is 0 Å². The molecule has 15 heavy (non-hydrogen) atoms. The van der Waals surface area contributed by atoms with Crippen LogP contribution in [0.1, 0.15) is 19.8 Å². The van der Waals surface area contributed by atoms with E-state index in [1.807, 2.05) is 6.92 Å². The van der Waals surface area contributed by atoms with E-state index in [4.69, 9.17) is 5.73 Å². The third-order valence-electron chi connectivity index (χ3n) is 2.73. The van der Waals surface area contributed by atoms with Crippen molar-refractivity contribution in [3.05, 3.63) is 11.6 Å². The van der Waals surface area contributed by atoms with Crippen LogP contribution in [0.4, 0.5) is 0 Å². The Morgan fingerprint density at radius 2 is 2.27 bits per heavy atom. The molecule has 0 radical (unpaired) electrons. The highest BCUT2D eigenvalue weighted by Crippen LogP contribution is 2.20. The van der Waals surface area contributed by atoms with Gasteiger partial charge in [-0.15, -0.1) is 0 Å². The first kappa shape index (κ1) is 12.7. The number of hydrogen-bond acceptors (Lipinski definition) is 3. The van der Waals surface area contributed by atoms with E-state index in [1.165, 1.54) is 6.26 Å². The number of hydrogen-bond donors (Lipinski definition) is 1. The van der Waals surface area contributed by atoms with Crippen molar-refractivity contribution in [3.63, 3.8) is 0 Å². The Kier molecular flexibility index (Phi) is 4.31. The van der Waals surface area contributed by atoms with Crippen molar-refractivity contribution in [2.45, 2.75) is 19.8 Å². The fourth-order valence-electron chi connectivity index (χ4n) is 1.88. The van der Waals surface area contributed by atoms with Crippen molar-refractivity contribution in [2.75, 3.05) is 25.9 Å². The summed E-state index contributed by atoms with van der Waals surface area (Å²) in [6.45, 7) is 3.80. The zero-order valence-electron chi connectivity index (χ0n) is 9.44. The van der Waals surface area contributed by atoms with Gasteiger partial charge in [-0.1, -0.05) is 11.6 Å². The van der Waals surface area contributed by atoms with Crippen LogP contribution in [0.15, 0.2) is 11.6 Å². The van der Waals surface area contributed by atoms with Crippen LogP contribution in [0.2, 0.25) is 0 Å². The molecular formula is C10H20N2O2S. The Labute approximate surface area is 92.2 Å². The van der Waals surface area contributed by atoms with Gasteiger partial charge in [0.05, 0.1) is 6.26 Å². The Balaban J connectivity index is 2.65. The fraction of sp³-hybridized carbons (Fsp3) is 0.800. The van der Waals surface area contributed by atoms with E-state index in [0.717, 1.165) is 18.4 Å². The normalized spacial score (nSPS) is 25.5. The molecule has 88 valence electrons. The summed E-state index contributed by atoms with van der Waals surface area (Å²) in [4.78, 5) is 0. The maximum atomic E-state index is 11.4. The molecular weight excluding hydrogens is 212 g/mol. The monoisotopic (exact) mass is 232 g/mol. The van der Waals surface area contributed by atoms with Crippen molar-refractivity contribution in [2.24, 2.45) is 11.7 Å². The maximum Gasteiger partial charge on any atom is 0.211 e. The maximum absolute atomic E-state index is 11.4. The van der Waals surface area contributed by atoms with Crippen LogP contribution < -0.4 is 5.73 Å². The third kappa shape index (κ3) is 3.93. The van der Waals surface area contributed by atoms with Gasteiger partial charge in [-0.2, -0.15) is 0 Å². The van der Waals surface area contributed by atoms with Crippen LogP contribution in [-0.4, -0.2) is 38.6 Å². The number of sulfonamides is 1. The summed E-state index contributed by atoms with van der Waals surface area (Å²) in [5.41, 5.74) is 6.64. The fourth-order valence-corrected chi connectivity index (χ4v) is 2.80. The van der Waals surface area contributed by atoms with E-state index in [9.17, 15) is 8.42 Å². The van der Waals surface area contributed by atoms with E-state index in [2.05, 4.69) is 6.08 Å². The summed E-state index contributed by atoms with van der Waals surface area (Å²) < 4.78 is 24.3. The van der Waals surface area contributed by atoms with Crippen molar-refractivity contribution < 1.29 is 8.42 Å². The standard InChI is InChI=1S/C10H20N2O2S/c1-9(7-11)6-10-4-3-5-12(8-10)15(2,13)14/h6,10H,3-5,7-8,11H2,1-2H3. The smallest absolute Gasteiger partial charge is 0.211 e. The lowest BCUT2D eigenvalue weighted by Crippen LogP contribution is -2.38. The molecule has 0 aromatic rings. The molecule has 0 bridgehead atoms. The molecule has 1 rings (SSSR count). The van der Waals surface area contributed by atoms with Gasteiger partial charge in [-0.05, 0) is 25.7 Å². The van der Waals surface area contributed by atoms with Gasteiger partial charge in [0.15, 0.2) is 0 Å². The molecule has 0 spiro atoms. The SMILES string of the molecule is CC(=CC1CCCN(S(C)(=O)=O)C1)CN. The van der Waals surface area contributed by atoms with Gasteiger partial charge in [0, 0.05) is 19.6 Å². The molecule has 0 saturated carbocycles. The predicted molar refractivity (Wildman–Crippen MR) is 62.0 cm³/mol. The minimum Gasteiger partial charge on any atom is -0.327 e. The molecule has 1 heterocycles. The third-order valence-corrected chi connectivity index (χ3v) is 4.00. The van der Waals surface area contributed by atoms with Gasteiger partial charge in [0.25, 0.3) is 0 Å². The molecule has 1 fully saturated rings. The summed E-state index contributed by atoms with van der Waals surface area (Å²) in [5, 5.41) is 0. The first-order valence-corrected chi connectivity index (χ1v) is 7.11. The number of rotatable bonds is 3. The summed E-state index contributed by atoms with van der Waals surface area (Å²) in [7, 11) is -3.03. The molecule has 0 amide bonds. The van der Waals surface area contributed by atoms with Gasteiger partial charge >= 0.3 is 0 Å². The summed E-state index contributed by atoms with van der Waals surface area (Å²) in [6.07, 6.45) is 5.38. The van der Waals surface area contributed by atoms with Crippen LogP contribution in [0.5, 0.6) is 0 Å². The van der Waals surface area contributed by atoms with E-state index in [-0.39, 0.29) is 0 Å². The minimum atomic E-state index is -3.03. The highest BCUT2D eigenvalue weighted by molar-refractivity contribution is 7.88. The summed E-state index contributed by atoms with van der Waals surface area (Å²) in [6, 6.07) is 0. The van der Waals surface area contributed by atoms with E-state index >= 15 is 0 Å². The largest absolute Gasteiger partial charge is 0.327 e. The zero-order valence-corrected chi connectivity index (χ0v) is 10.3. The Morgan fingerprint density at radius 3 is 2.80 bits per heavy atom. The lowest BCUT2D eigenvalue weighted by Gasteiger charge is -2.29. The molecule has 0 aromatic heterocycles. The molecule has 1 atom stereocenters. The average molecular weight is 232 g/mol. The molecule has 1 aliphatic rings. The van der Waals surface area contributed by atoms with Crippen LogP contribution in [0, 0.1) is 5.92 Å². The Bertz CT molecular complexity index is 335. The van der Waals surface area contributed by atoms with Crippen molar-refractivity contribution in [1.29, 1.82) is 0 Å². The molecule has 1 aliphatic heterocycles. The van der Waals surface area contributed by atoms with Crippen molar-refractivity contribution in [1.82, 2.24) is 4.31 Å². The van der Waals surface area contributed by atoms with E-state index in [1.54, 1.807) is 4.31 Å². The predicted octanol–water partition coefficient (Wildman–Crippen LogP) is 0.563.